The van der Waals surface area contributed by atoms with E-state index in [2.05, 4.69) is 0 Å². The number of hydrogen-bond acceptors (Lipinski definition) is 2. The Morgan fingerprint density at radius 2 is 2.18 bits per heavy atom. The number of carbonyl (C=O) groups is 1. The second-order valence-corrected chi connectivity index (χ2v) is 2.40. The zero-order valence-corrected chi connectivity index (χ0v) is 6.16. The first kappa shape index (κ1) is 7.95. The van der Waals surface area contributed by atoms with E-state index in [0.717, 1.165) is 11.9 Å². The van der Waals surface area contributed by atoms with Crippen LogP contribution in [-0.4, -0.2) is 18.0 Å². The van der Waals surface area contributed by atoms with Crippen molar-refractivity contribution in [3.05, 3.63) is 35.5 Å². The summed E-state index contributed by atoms with van der Waals surface area (Å²) in [7, 11) is 0. The van der Waals surface area contributed by atoms with E-state index in [1.807, 2.05) is 12.2 Å². The maximum absolute atomic E-state index is 10.4. The van der Waals surface area contributed by atoms with Gasteiger partial charge in [-0.1, -0.05) is 24.3 Å². The van der Waals surface area contributed by atoms with Crippen LogP contribution < -0.4 is 0 Å². The molecule has 0 heterocycles. The molecule has 0 aromatic carbocycles. The highest BCUT2D eigenvalue weighted by molar-refractivity contribution is 5.75. The lowest BCUT2D eigenvalue weighted by molar-refractivity contribution is -0.105. The molecule has 0 saturated heterocycles. The van der Waals surface area contributed by atoms with Crippen molar-refractivity contribution in [3.8, 4) is 0 Å². The first-order valence-electron chi connectivity index (χ1n) is 3.48. The van der Waals surface area contributed by atoms with Gasteiger partial charge in [0.15, 0.2) is 0 Å². The van der Waals surface area contributed by atoms with E-state index in [1.54, 1.807) is 12.2 Å². The lowest BCUT2D eigenvalue weighted by Gasteiger charge is -1.99. The average molecular weight is 150 g/mol. The largest absolute Gasteiger partial charge is 0.392 e. The third-order valence-electron chi connectivity index (χ3n) is 1.54. The normalized spacial score (nSPS) is 16.8. The Hall–Kier alpha value is -1.15. The maximum atomic E-state index is 10.4. The molecule has 0 bridgehead atoms. The standard InChI is InChI=1S/C9H10O2/c10-6-8-3-1-2-4-9(5-8)7-11/h1-4,6,11H,5,7H2. The summed E-state index contributed by atoms with van der Waals surface area (Å²) in [5, 5.41) is 8.78. The fourth-order valence-corrected chi connectivity index (χ4v) is 0.940. The number of rotatable bonds is 2. The molecule has 11 heavy (non-hydrogen) atoms. The molecule has 2 heteroatoms. The molecule has 0 aromatic rings. The minimum absolute atomic E-state index is 0.0233. The molecule has 58 valence electrons. The van der Waals surface area contributed by atoms with E-state index in [9.17, 15) is 4.79 Å². The number of carbonyl (C=O) groups excluding carboxylic acids is 1. The number of aliphatic hydroxyl groups excluding tert-OH is 1. The Bertz CT molecular complexity index is 234. The Labute approximate surface area is 65.5 Å². The number of hydrogen-bond donors (Lipinski definition) is 1. The molecule has 0 aliphatic heterocycles. The van der Waals surface area contributed by atoms with Crippen molar-refractivity contribution in [2.75, 3.05) is 6.61 Å². The van der Waals surface area contributed by atoms with Gasteiger partial charge in [0.05, 0.1) is 6.61 Å². The van der Waals surface area contributed by atoms with Crippen molar-refractivity contribution < 1.29 is 9.90 Å². The minimum Gasteiger partial charge on any atom is -0.392 e. The second kappa shape index (κ2) is 3.88. The van der Waals surface area contributed by atoms with Crippen LogP contribution in [0.15, 0.2) is 35.5 Å². The topological polar surface area (TPSA) is 37.3 Å². The second-order valence-electron chi connectivity index (χ2n) is 2.40. The molecule has 2 nitrogen and oxygen atoms in total. The van der Waals surface area contributed by atoms with Gasteiger partial charge < -0.3 is 5.11 Å². The monoisotopic (exact) mass is 150 g/mol. The summed E-state index contributed by atoms with van der Waals surface area (Å²) in [4.78, 5) is 10.4. The Morgan fingerprint density at radius 3 is 2.82 bits per heavy atom. The summed E-state index contributed by atoms with van der Waals surface area (Å²) < 4.78 is 0. The van der Waals surface area contributed by atoms with Crippen molar-refractivity contribution in [1.29, 1.82) is 0 Å². The summed E-state index contributed by atoms with van der Waals surface area (Å²) in [6.07, 6.45) is 8.58. The molecule has 1 aliphatic rings. The zero-order valence-electron chi connectivity index (χ0n) is 6.16. The van der Waals surface area contributed by atoms with E-state index in [-0.39, 0.29) is 6.61 Å². The van der Waals surface area contributed by atoms with Gasteiger partial charge in [0.25, 0.3) is 0 Å². The SMILES string of the molecule is O=CC1=CC=CC=C(CO)C1. The van der Waals surface area contributed by atoms with Crippen molar-refractivity contribution in [2.45, 2.75) is 6.42 Å². The van der Waals surface area contributed by atoms with E-state index < -0.39 is 0 Å². The predicted octanol–water partition coefficient (Wildman–Crippen LogP) is 0.990. The van der Waals surface area contributed by atoms with Crippen LogP contribution in [0.2, 0.25) is 0 Å². The van der Waals surface area contributed by atoms with Gasteiger partial charge in [-0.15, -0.1) is 0 Å². The molecule has 0 fully saturated rings. The van der Waals surface area contributed by atoms with Gasteiger partial charge >= 0.3 is 0 Å². The Morgan fingerprint density at radius 1 is 1.45 bits per heavy atom. The van der Waals surface area contributed by atoms with Gasteiger partial charge in [0.1, 0.15) is 6.29 Å². The van der Waals surface area contributed by atoms with Crippen LogP contribution in [-0.2, 0) is 4.79 Å². The van der Waals surface area contributed by atoms with Gasteiger partial charge in [0.2, 0.25) is 0 Å². The smallest absolute Gasteiger partial charge is 0.146 e. The summed E-state index contributed by atoms with van der Waals surface area (Å²) in [6, 6.07) is 0. The quantitative estimate of drug-likeness (QED) is 0.596. The predicted molar refractivity (Wildman–Crippen MR) is 43.1 cm³/mol. The summed E-state index contributed by atoms with van der Waals surface area (Å²) >= 11 is 0. The molecule has 0 spiro atoms. The van der Waals surface area contributed by atoms with Gasteiger partial charge in [-0.2, -0.15) is 0 Å². The van der Waals surface area contributed by atoms with Crippen LogP contribution in [0.3, 0.4) is 0 Å². The first-order chi connectivity index (χ1) is 5.36. The number of aldehydes is 1. The third-order valence-corrected chi connectivity index (χ3v) is 1.54. The van der Waals surface area contributed by atoms with Crippen molar-refractivity contribution in [3.63, 3.8) is 0 Å². The fourth-order valence-electron chi connectivity index (χ4n) is 0.940. The highest BCUT2D eigenvalue weighted by Gasteiger charge is 2.00. The van der Waals surface area contributed by atoms with Crippen molar-refractivity contribution in [2.24, 2.45) is 0 Å². The summed E-state index contributed by atoms with van der Waals surface area (Å²) in [5.74, 6) is 0. The summed E-state index contributed by atoms with van der Waals surface area (Å²) in [6.45, 7) is 0.0233. The van der Waals surface area contributed by atoms with Crippen LogP contribution >= 0.6 is 0 Å². The summed E-state index contributed by atoms with van der Waals surface area (Å²) in [5.41, 5.74) is 1.58. The zero-order chi connectivity index (χ0) is 8.10. The molecule has 0 amide bonds. The number of aliphatic hydroxyl groups is 1. The molecule has 1 rings (SSSR count). The molecule has 0 unspecified atom stereocenters. The van der Waals surface area contributed by atoms with Crippen LogP contribution in [0.4, 0.5) is 0 Å². The van der Waals surface area contributed by atoms with Gasteiger partial charge in [-0.05, 0) is 17.6 Å². The van der Waals surface area contributed by atoms with E-state index in [0.29, 0.717) is 12.0 Å². The molecule has 0 saturated carbocycles. The maximum Gasteiger partial charge on any atom is 0.146 e. The van der Waals surface area contributed by atoms with Crippen LogP contribution in [0.25, 0.3) is 0 Å². The Kier molecular flexibility index (Phi) is 2.81. The van der Waals surface area contributed by atoms with Gasteiger partial charge in [-0.25, -0.2) is 0 Å². The Balaban J connectivity index is 2.77. The molecule has 1 aliphatic carbocycles. The van der Waals surface area contributed by atoms with Crippen molar-refractivity contribution >= 4 is 6.29 Å². The number of allylic oxidation sites excluding steroid dienone is 5. The highest BCUT2D eigenvalue weighted by Crippen LogP contribution is 2.11. The fraction of sp³-hybridized carbons (Fsp3) is 0.222. The lowest BCUT2D eigenvalue weighted by Crippen LogP contribution is -1.92. The van der Waals surface area contributed by atoms with Crippen LogP contribution in [0.1, 0.15) is 6.42 Å². The van der Waals surface area contributed by atoms with E-state index in [1.165, 1.54) is 0 Å². The van der Waals surface area contributed by atoms with Crippen molar-refractivity contribution in [1.82, 2.24) is 0 Å². The molecule has 0 radical (unpaired) electrons. The van der Waals surface area contributed by atoms with Gasteiger partial charge in [0, 0.05) is 0 Å². The highest BCUT2D eigenvalue weighted by atomic mass is 16.3. The van der Waals surface area contributed by atoms with E-state index >= 15 is 0 Å². The first-order valence-corrected chi connectivity index (χ1v) is 3.48. The molecule has 0 aromatic heterocycles. The average Bonchev–Trinajstić information content (AvgIpc) is 2.28. The third kappa shape index (κ3) is 2.16. The molecular formula is C9H10O2. The lowest BCUT2D eigenvalue weighted by atomic mass is 10.1. The van der Waals surface area contributed by atoms with Gasteiger partial charge in [-0.3, -0.25) is 4.79 Å². The molecule has 0 atom stereocenters. The van der Waals surface area contributed by atoms with Crippen LogP contribution in [0, 0.1) is 0 Å². The molecule has 1 N–H and O–H groups in total. The molecular weight excluding hydrogens is 140 g/mol. The van der Waals surface area contributed by atoms with Crippen LogP contribution in [0.5, 0.6) is 0 Å². The minimum atomic E-state index is 0.0233. The van der Waals surface area contributed by atoms with E-state index in [4.69, 9.17) is 5.11 Å².